The molecule has 0 bridgehead atoms. The van der Waals surface area contributed by atoms with Gasteiger partial charge in [0.25, 0.3) is 10.1 Å². The maximum Gasteiger partial charge on any atom is 0.414 e. The Morgan fingerprint density at radius 1 is 0.886 bits per heavy atom. The van der Waals surface area contributed by atoms with Gasteiger partial charge in [-0.1, -0.05) is 72.3 Å². The SMILES string of the molecule is CCCCC(CC)COC(=O)CC(C(=O)OCC(CC)CCCC)S(=O)(=O)O.CN(C)C(=O)Oc1cccc([N+](C)(C)C)c1. The Morgan fingerprint density at radius 2 is 1.41 bits per heavy atom. The number of benzene rings is 1. The van der Waals surface area contributed by atoms with Crippen molar-refractivity contribution in [3.05, 3.63) is 24.3 Å². The first-order chi connectivity index (χ1) is 20.5. The third-order valence-corrected chi connectivity index (χ3v) is 8.24. The molecule has 44 heavy (non-hydrogen) atoms. The molecule has 12 heteroatoms. The van der Waals surface area contributed by atoms with E-state index in [1.807, 2.05) is 32.0 Å². The predicted molar refractivity (Wildman–Crippen MR) is 174 cm³/mol. The van der Waals surface area contributed by atoms with Crippen molar-refractivity contribution in [2.45, 2.75) is 90.7 Å². The maximum atomic E-state index is 12.2. The van der Waals surface area contributed by atoms with Crippen LogP contribution in [0.1, 0.15) is 85.5 Å². The molecule has 0 saturated carbocycles. The van der Waals surface area contributed by atoms with Crippen molar-refractivity contribution >= 4 is 33.8 Å². The molecule has 1 aromatic rings. The van der Waals surface area contributed by atoms with Crippen LogP contribution in [0.5, 0.6) is 5.75 Å². The number of quaternary nitrogens is 1. The lowest BCUT2D eigenvalue weighted by Gasteiger charge is -2.23. The summed E-state index contributed by atoms with van der Waals surface area (Å²) in [7, 11) is 4.74. The molecule has 1 N–H and O–H groups in total. The van der Waals surface area contributed by atoms with Gasteiger partial charge < -0.3 is 19.1 Å². The van der Waals surface area contributed by atoms with Gasteiger partial charge in [0.1, 0.15) is 11.4 Å². The largest absolute Gasteiger partial charge is 0.465 e. The average Bonchev–Trinajstić information content (AvgIpc) is 2.95. The van der Waals surface area contributed by atoms with E-state index in [1.54, 1.807) is 20.2 Å². The van der Waals surface area contributed by atoms with Gasteiger partial charge in [-0.3, -0.25) is 18.6 Å². The molecular formula is C32H57N2O9S+. The maximum absolute atomic E-state index is 12.2. The van der Waals surface area contributed by atoms with Crippen LogP contribution in [0, 0.1) is 11.8 Å². The molecule has 0 spiro atoms. The number of rotatable bonds is 18. The molecule has 0 fully saturated rings. The van der Waals surface area contributed by atoms with Crippen LogP contribution < -0.4 is 9.22 Å². The predicted octanol–water partition coefficient (Wildman–Crippen LogP) is 6.10. The Balaban J connectivity index is 0.000000971. The highest BCUT2D eigenvalue weighted by atomic mass is 32.2. The van der Waals surface area contributed by atoms with Crippen molar-refractivity contribution < 1.29 is 41.6 Å². The molecule has 0 aliphatic carbocycles. The number of esters is 2. The molecule has 0 aliphatic rings. The zero-order valence-electron chi connectivity index (χ0n) is 28.3. The molecule has 254 valence electrons. The van der Waals surface area contributed by atoms with Crippen molar-refractivity contribution in [3.8, 4) is 5.75 Å². The van der Waals surface area contributed by atoms with Crippen molar-refractivity contribution in [2.24, 2.45) is 11.8 Å². The highest BCUT2D eigenvalue weighted by molar-refractivity contribution is 7.87. The van der Waals surface area contributed by atoms with Crippen LogP contribution >= 0.6 is 0 Å². The van der Waals surface area contributed by atoms with E-state index in [2.05, 4.69) is 35.0 Å². The lowest BCUT2D eigenvalue weighted by Crippen LogP contribution is -2.35. The number of nitrogens with zero attached hydrogens (tertiary/aromatic N) is 2. The van der Waals surface area contributed by atoms with Crippen molar-refractivity contribution in [2.75, 3.05) is 48.5 Å². The van der Waals surface area contributed by atoms with Gasteiger partial charge in [-0.25, -0.2) is 4.79 Å². The lowest BCUT2D eigenvalue weighted by atomic mass is 10.0. The van der Waals surface area contributed by atoms with E-state index in [0.717, 1.165) is 57.1 Å². The van der Waals surface area contributed by atoms with E-state index in [-0.39, 0.29) is 31.1 Å². The van der Waals surface area contributed by atoms with Crippen LogP contribution in [0.15, 0.2) is 24.3 Å². The minimum atomic E-state index is -4.76. The minimum Gasteiger partial charge on any atom is -0.465 e. The highest BCUT2D eigenvalue weighted by Gasteiger charge is 2.36. The number of carbonyl (C=O) groups is 3. The smallest absolute Gasteiger partial charge is 0.414 e. The molecule has 1 aromatic carbocycles. The Bertz CT molecular complexity index is 1100. The Kier molecular flexibility index (Phi) is 19.8. The number of ether oxygens (including phenoxy) is 3. The van der Waals surface area contributed by atoms with Crippen LogP contribution in [0.2, 0.25) is 0 Å². The molecule has 0 saturated heterocycles. The van der Waals surface area contributed by atoms with Crippen molar-refractivity contribution in [1.82, 2.24) is 9.38 Å². The molecular weight excluding hydrogens is 588 g/mol. The highest BCUT2D eigenvalue weighted by Crippen LogP contribution is 2.23. The van der Waals surface area contributed by atoms with Crippen molar-refractivity contribution in [3.63, 3.8) is 0 Å². The fourth-order valence-corrected chi connectivity index (χ4v) is 4.63. The zero-order valence-corrected chi connectivity index (χ0v) is 29.2. The van der Waals surface area contributed by atoms with Gasteiger partial charge in [0, 0.05) is 20.2 Å². The monoisotopic (exact) mass is 645 g/mol. The Hall–Kier alpha value is -2.70. The van der Waals surface area contributed by atoms with Crippen LogP contribution in [-0.2, 0) is 29.2 Å². The molecule has 0 aromatic heterocycles. The van der Waals surface area contributed by atoms with Gasteiger partial charge in [0.05, 0.1) is 40.8 Å². The molecule has 0 radical (unpaired) electrons. The molecule has 1 rings (SSSR count). The number of hydrogen-bond donors (Lipinski definition) is 1. The molecule has 0 aliphatic heterocycles. The van der Waals surface area contributed by atoms with Gasteiger partial charge in [-0.2, -0.15) is 8.42 Å². The number of amides is 1. The van der Waals surface area contributed by atoms with Gasteiger partial charge in [-0.15, -0.1) is 0 Å². The third kappa shape index (κ3) is 17.6. The molecule has 0 heterocycles. The molecule has 3 atom stereocenters. The van der Waals surface area contributed by atoms with Crippen molar-refractivity contribution in [1.29, 1.82) is 0 Å². The van der Waals surface area contributed by atoms with Gasteiger partial charge in [0.2, 0.25) is 0 Å². The lowest BCUT2D eigenvalue weighted by molar-refractivity contribution is -0.151. The second-order valence-corrected chi connectivity index (χ2v) is 13.7. The van der Waals surface area contributed by atoms with E-state index in [4.69, 9.17) is 14.2 Å². The van der Waals surface area contributed by atoms with E-state index in [0.29, 0.717) is 10.2 Å². The fourth-order valence-electron chi connectivity index (χ4n) is 3.98. The summed E-state index contributed by atoms with van der Waals surface area (Å²) in [6.45, 7) is 8.35. The second kappa shape index (κ2) is 21.1. The third-order valence-electron chi connectivity index (χ3n) is 7.16. The van der Waals surface area contributed by atoms with Crippen LogP contribution in [0.4, 0.5) is 10.5 Å². The topological polar surface area (TPSA) is 137 Å². The summed E-state index contributed by atoms with van der Waals surface area (Å²) in [6.07, 6.45) is 6.38. The van der Waals surface area contributed by atoms with Crippen LogP contribution in [0.3, 0.4) is 0 Å². The van der Waals surface area contributed by atoms with E-state index in [9.17, 15) is 27.4 Å². The Morgan fingerprint density at radius 3 is 1.84 bits per heavy atom. The van der Waals surface area contributed by atoms with Gasteiger partial charge in [0.15, 0.2) is 5.25 Å². The summed E-state index contributed by atoms with van der Waals surface area (Å²) in [5.41, 5.74) is 1.09. The summed E-state index contributed by atoms with van der Waals surface area (Å²) in [4.78, 5) is 37.0. The first-order valence-corrected chi connectivity index (χ1v) is 17.1. The van der Waals surface area contributed by atoms with Gasteiger partial charge >= 0.3 is 18.0 Å². The number of carbonyl (C=O) groups excluding carboxylic acids is 3. The van der Waals surface area contributed by atoms with Crippen LogP contribution in [-0.4, -0.2) is 89.6 Å². The summed E-state index contributed by atoms with van der Waals surface area (Å²) >= 11 is 0. The normalized spacial score (nSPS) is 13.5. The van der Waals surface area contributed by atoms with E-state index >= 15 is 0 Å². The number of hydrogen-bond acceptors (Lipinski definition) is 8. The summed E-state index contributed by atoms with van der Waals surface area (Å²) in [6, 6.07) is 7.55. The van der Waals surface area contributed by atoms with E-state index in [1.165, 1.54) is 4.90 Å². The number of unbranched alkanes of at least 4 members (excludes halogenated alkanes) is 2. The Labute approximate surface area is 265 Å². The zero-order chi connectivity index (χ0) is 33.9. The molecule has 1 amide bonds. The van der Waals surface area contributed by atoms with Gasteiger partial charge in [-0.05, 0) is 36.8 Å². The quantitative estimate of drug-likeness (QED) is 0.114. The minimum absolute atomic E-state index is 0.0747. The average molecular weight is 646 g/mol. The van der Waals surface area contributed by atoms with E-state index < -0.39 is 33.7 Å². The molecule has 3 unspecified atom stereocenters. The fraction of sp³-hybridized carbons (Fsp3) is 0.719. The first-order valence-electron chi connectivity index (χ1n) is 15.6. The standard InChI is InChI=1S/C20H38O7S.C12H19N2O2/c1-5-9-11-16(7-3)14-26-19(21)13-18(28(23,24)25)20(22)27-15-17(8-4)12-10-6-2;1-13(2)12(15)16-11-8-6-7-10(9-11)14(3,4)5/h16-18H,5-15H2,1-4H3,(H,23,24,25);6-9H,1-5H3/q;+1. The van der Waals surface area contributed by atoms with Crippen LogP contribution in [0.25, 0.3) is 0 Å². The second-order valence-electron chi connectivity index (χ2n) is 12.1. The summed E-state index contributed by atoms with van der Waals surface area (Å²) in [5, 5.41) is -1.95. The molecule has 11 nitrogen and oxygen atoms in total. The summed E-state index contributed by atoms with van der Waals surface area (Å²) < 4.78 is 48.6. The summed E-state index contributed by atoms with van der Waals surface area (Å²) in [5.74, 6) is -1.03. The first kappa shape index (κ1) is 41.3.